The number of anilines is 2. The number of rotatable bonds is 0. The Morgan fingerprint density at radius 3 is 1.50 bits per heavy atom. The lowest BCUT2D eigenvalue weighted by Crippen LogP contribution is -1.93. The summed E-state index contributed by atoms with van der Waals surface area (Å²) in [6.45, 7) is 0. The van der Waals surface area contributed by atoms with Gasteiger partial charge >= 0.3 is 0 Å². The molecule has 0 radical (unpaired) electrons. The molecule has 0 saturated heterocycles. The largest absolute Gasteiger partial charge is 0.398 e. The molecule has 0 aliphatic carbocycles. The Kier molecular flexibility index (Phi) is 2.41. The van der Waals surface area contributed by atoms with Gasteiger partial charge in [-0.25, -0.2) is 0 Å². The summed E-state index contributed by atoms with van der Waals surface area (Å²) in [5.41, 5.74) is 13.1. The number of nitrogens with two attached hydrogens (primary N) is 2. The molecule has 0 saturated carbocycles. The first-order chi connectivity index (χ1) is 6.61. The van der Waals surface area contributed by atoms with E-state index in [0.29, 0.717) is 11.4 Å². The smallest absolute Gasteiger partial charge is 0.0415 e. The van der Waals surface area contributed by atoms with E-state index in [2.05, 4.69) is 31.9 Å². The van der Waals surface area contributed by atoms with E-state index in [9.17, 15) is 0 Å². The van der Waals surface area contributed by atoms with E-state index in [1.165, 1.54) is 0 Å². The van der Waals surface area contributed by atoms with E-state index in [0.717, 1.165) is 19.7 Å². The Hall–Kier alpha value is -0.740. The lowest BCUT2D eigenvalue weighted by atomic mass is 10.1. The molecule has 2 aromatic rings. The second kappa shape index (κ2) is 3.44. The van der Waals surface area contributed by atoms with Crippen LogP contribution in [0.3, 0.4) is 0 Å². The van der Waals surface area contributed by atoms with Gasteiger partial charge in [0.1, 0.15) is 0 Å². The summed E-state index contributed by atoms with van der Waals surface area (Å²) < 4.78 is 1.97. The van der Waals surface area contributed by atoms with Crippen LogP contribution in [0.4, 0.5) is 11.4 Å². The van der Waals surface area contributed by atoms with Crippen LogP contribution in [0.2, 0.25) is 0 Å². The van der Waals surface area contributed by atoms with Crippen LogP contribution in [0.15, 0.2) is 33.2 Å². The molecule has 0 aliphatic heterocycles. The summed E-state index contributed by atoms with van der Waals surface area (Å²) in [7, 11) is 0. The first-order valence-electron chi connectivity index (χ1n) is 4.03. The van der Waals surface area contributed by atoms with E-state index in [1.54, 1.807) is 0 Å². The molecule has 2 nitrogen and oxygen atoms in total. The monoisotopic (exact) mass is 314 g/mol. The van der Waals surface area contributed by atoms with Crippen molar-refractivity contribution in [2.45, 2.75) is 0 Å². The van der Waals surface area contributed by atoms with Crippen molar-refractivity contribution in [3.8, 4) is 0 Å². The second-order valence-corrected chi connectivity index (χ2v) is 4.73. The number of nitrogen functional groups attached to an aromatic ring is 2. The fraction of sp³-hybridized carbons (Fsp3) is 0. The lowest BCUT2D eigenvalue weighted by Gasteiger charge is -2.08. The third kappa shape index (κ3) is 1.38. The summed E-state index contributed by atoms with van der Waals surface area (Å²) in [6, 6.07) is 7.52. The Balaban J connectivity index is 3.05. The van der Waals surface area contributed by atoms with Crippen LogP contribution in [0.1, 0.15) is 0 Å². The van der Waals surface area contributed by atoms with Crippen molar-refractivity contribution in [1.82, 2.24) is 0 Å². The SMILES string of the molecule is Nc1ccc(Br)c2c(Br)ccc(N)c12. The molecule has 0 heterocycles. The van der Waals surface area contributed by atoms with Gasteiger partial charge in [0.05, 0.1) is 0 Å². The van der Waals surface area contributed by atoms with Crippen molar-refractivity contribution < 1.29 is 0 Å². The van der Waals surface area contributed by atoms with Crippen molar-refractivity contribution in [3.63, 3.8) is 0 Å². The van der Waals surface area contributed by atoms with Gasteiger partial charge in [-0.1, -0.05) is 31.9 Å². The van der Waals surface area contributed by atoms with E-state index in [4.69, 9.17) is 11.5 Å². The summed E-state index contributed by atoms with van der Waals surface area (Å²) >= 11 is 6.95. The molecule has 0 atom stereocenters. The van der Waals surface area contributed by atoms with Crippen LogP contribution in [0.25, 0.3) is 10.8 Å². The summed E-state index contributed by atoms with van der Waals surface area (Å²) in [5.74, 6) is 0. The predicted octanol–water partition coefficient (Wildman–Crippen LogP) is 3.53. The molecule has 0 unspecified atom stereocenters. The zero-order valence-electron chi connectivity index (χ0n) is 7.22. The van der Waals surface area contributed by atoms with Crippen LogP contribution in [0.5, 0.6) is 0 Å². The number of benzene rings is 2. The van der Waals surface area contributed by atoms with Gasteiger partial charge in [-0.2, -0.15) is 0 Å². The number of halogens is 2. The van der Waals surface area contributed by atoms with Gasteiger partial charge in [0.2, 0.25) is 0 Å². The molecule has 0 bridgehead atoms. The van der Waals surface area contributed by atoms with Gasteiger partial charge in [-0.05, 0) is 24.3 Å². The van der Waals surface area contributed by atoms with Gasteiger partial charge in [-0.3, -0.25) is 0 Å². The molecule has 72 valence electrons. The minimum atomic E-state index is 0.696. The molecule has 0 spiro atoms. The lowest BCUT2D eigenvalue weighted by molar-refractivity contribution is 1.65. The van der Waals surface area contributed by atoms with Gasteiger partial charge in [0.25, 0.3) is 0 Å². The normalized spacial score (nSPS) is 10.7. The molecule has 4 N–H and O–H groups in total. The van der Waals surface area contributed by atoms with Gasteiger partial charge in [0, 0.05) is 31.1 Å². The fourth-order valence-electron chi connectivity index (χ4n) is 1.47. The Bertz CT molecular complexity index is 420. The van der Waals surface area contributed by atoms with Crippen molar-refractivity contribution in [1.29, 1.82) is 0 Å². The van der Waals surface area contributed by atoms with E-state index < -0.39 is 0 Å². The molecule has 14 heavy (non-hydrogen) atoms. The second-order valence-electron chi connectivity index (χ2n) is 3.02. The summed E-state index contributed by atoms with van der Waals surface area (Å²) in [5, 5.41) is 1.92. The van der Waals surface area contributed by atoms with Crippen LogP contribution >= 0.6 is 31.9 Å². The van der Waals surface area contributed by atoms with E-state index in [-0.39, 0.29) is 0 Å². The average Bonchev–Trinajstić information content (AvgIpc) is 2.16. The highest BCUT2D eigenvalue weighted by Crippen LogP contribution is 2.37. The molecule has 2 rings (SSSR count). The van der Waals surface area contributed by atoms with Gasteiger partial charge in [-0.15, -0.1) is 0 Å². The fourth-order valence-corrected chi connectivity index (χ4v) is 2.82. The third-order valence-corrected chi connectivity index (χ3v) is 3.45. The molecule has 0 aliphatic rings. The van der Waals surface area contributed by atoms with Crippen LogP contribution < -0.4 is 11.5 Å². The van der Waals surface area contributed by atoms with Gasteiger partial charge in [0.15, 0.2) is 0 Å². The maximum Gasteiger partial charge on any atom is 0.0415 e. The highest BCUT2D eigenvalue weighted by Gasteiger charge is 2.08. The standard InChI is InChI=1S/C10H8Br2N2/c11-5-1-3-7(13)10-8(14)4-2-6(12)9(5)10/h1-4H,13-14H2. The minimum Gasteiger partial charge on any atom is -0.398 e. The topological polar surface area (TPSA) is 52.0 Å². The van der Waals surface area contributed by atoms with Crippen molar-refractivity contribution in [2.24, 2.45) is 0 Å². The number of fused-ring (bicyclic) bond motifs is 1. The predicted molar refractivity (Wildman–Crippen MR) is 68.2 cm³/mol. The summed E-state index contributed by atoms with van der Waals surface area (Å²) in [4.78, 5) is 0. The van der Waals surface area contributed by atoms with Crippen molar-refractivity contribution >= 4 is 54.0 Å². The number of hydrogen-bond acceptors (Lipinski definition) is 2. The highest BCUT2D eigenvalue weighted by molar-refractivity contribution is 9.11. The van der Waals surface area contributed by atoms with Gasteiger partial charge < -0.3 is 11.5 Å². The first kappa shape index (κ1) is 9.80. The highest BCUT2D eigenvalue weighted by atomic mass is 79.9. The quantitative estimate of drug-likeness (QED) is 0.731. The van der Waals surface area contributed by atoms with Crippen LogP contribution in [0, 0.1) is 0 Å². The maximum atomic E-state index is 5.87. The summed E-state index contributed by atoms with van der Waals surface area (Å²) in [6.07, 6.45) is 0. The van der Waals surface area contributed by atoms with Crippen molar-refractivity contribution in [2.75, 3.05) is 11.5 Å². The zero-order valence-corrected chi connectivity index (χ0v) is 10.4. The molecule has 0 aromatic heterocycles. The molecular formula is C10H8Br2N2. The maximum absolute atomic E-state index is 5.87. The molecule has 2 aromatic carbocycles. The Labute approximate surface area is 98.5 Å². The minimum absolute atomic E-state index is 0.696. The molecule has 0 amide bonds. The first-order valence-corrected chi connectivity index (χ1v) is 5.61. The number of hydrogen-bond donors (Lipinski definition) is 2. The van der Waals surface area contributed by atoms with Crippen molar-refractivity contribution in [3.05, 3.63) is 33.2 Å². The third-order valence-electron chi connectivity index (χ3n) is 2.12. The molecule has 4 heteroatoms. The molecule has 0 fully saturated rings. The van der Waals surface area contributed by atoms with E-state index in [1.807, 2.05) is 24.3 Å². The average molecular weight is 316 g/mol. The van der Waals surface area contributed by atoms with Crippen LogP contribution in [-0.2, 0) is 0 Å². The molecular weight excluding hydrogens is 308 g/mol. The Morgan fingerprint density at radius 2 is 1.14 bits per heavy atom. The Morgan fingerprint density at radius 1 is 0.714 bits per heavy atom. The zero-order chi connectivity index (χ0) is 10.3. The van der Waals surface area contributed by atoms with E-state index >= 15 is 0 Å². The van der Waals surface area contributed by atoms with Crippen LogP contribution in [-0.4, -0.2) is 0 Å².